The quantitative estimate of drug-likeness (QED) is 0.546. The van der Waals surface area contributed by atoms with Crippen LogP contribution in [0.15, 0.2) is 91.0 Å². The molecule has 0 amide bonds. The van der Waals surface area contributed by atoms with Crippen LogP contribution in [0.25, 0.3) is 0 Å². The van der Waals surface area contributed by atoms with Gasteiger partial charge in [0.15, 0.2) is 0 Å². The predicted octanol–water partition coefficient (Wildman–Crippen LogP) is 5.18. The molecule has 3 unspecified atom stereocenters. The van der Waals surface area contributed by atoms with E-state index < -0.39 is 7.26 Å². The molecule has 4 rings (SSSR count). The summed E-state index contributed by atoms with van der Waals surface area (Å²) < 4.78 is 6.50. The van der Waals surface area contributed by atoms with Crippen LogP contribution < -0.4 is 15.9 Å². The third-order valence-electron chi connectivity index (χ3n) is 5.89. The minimum atomic E-state index is -1.80. The molecule has 3 atom stereocenters. The summed E-state index contributed by atoms with van der Waals surface area (Å²) in [6.07, 6.45) is 4.04. The lowest BCUT2D eigenvalue weighted by Gasteiger charge is -2.36. The molecule has 28 heavy (non-hydrogen) atoms. The van der Waals surface area contributed by atoms with Crippen molar-refractivity contribution < 1.29 is 4.74 Å². The van der Waals surface area contributed by atoms with Crippen LogP contribution in [-0.2, 0) is 4.74 Å². The minimum absolute atomic E-state index is 0.299. The summed E-state index contributed by atoms with van der Waals surface area (Å²) in [7, 11) is -1.80. The number of ether oxygens (including phenoxy) is 1. The molecule has 1 heterocycles. The third-order valence-corrected chi connectivity index (χ3v) is 10.4. The molecule has 3 aromatic carbocycles. The Kier molecular flexibility index (Phi) is 5.95. The first kappa shape index (κ1) is 19.4. The van der Waals surface area contributed by atoms with Crippen molar-refractivity contribution in [3.05, 3.63) is 91.0 Å². The fourth-order valence-corrected chi connectivity index (χ4v) is 9.20. The second-order valence-electron chi connectivity index (χ2n) is 8.14. The Morgan fingerprint density at radius 3 is 1.50 bits per heavy atom. The van der Waals surface area contributed by atoms with Gasteiger partial charge in [0, 0.05) is 0 Å². The standard InChI is InChI=1S/C26H30OP/c1-21-18-22(2)27-23(19-21)20-28(24-12-6-3-7-13-24,25-14-8-4-9-15-25)26-16-10-5-11-17-26/h3-17,21-23H,18-20H2,1-2H3/q+1. The van der Waals surface area contributed by atoms with Crippen molar-refractivity contribution in [3.63, 3.8) is 0 Å². The normalized spacial score (nSPS) is 22.7. The number of benzene rings is 3. The molecule has 2 heteroatoms. The van der Waals surface area contributed by atoms with Gasteiger partial charge in [-0.05, 0) is 62.1 Å². The summed E-state index contributed by atoms with van der Waals surface area (Å²) in [6.45, 7) is 4.61. The Morgan fingerprint density at radius 2 is 1.11 bits per heavy atom. The van der Waals surface area contributed by atoms with E-state index in [1.165, 1.54) is 22.3 Å². The number of hydrogen-bond donors (Lipinski definition) is 0. The summed E-state index contributed by atoms with van der Waals surface area (Å²) in [5, 5.41) is 4.34. The highest BCUT2D eigenvalue weighted by Crippen LogP contribution is 2.56. The summed E-state index contributed by atoms with van der Waals surface area (Å²) in [6, 6.07) is 33.4. The molecule has 3 aromatic rings. The average Bonchev–Trinajstić information content (AvgIpc) is 2.73. The van der Waals surface area contributed by atoms with Crippen LogP contribution in [0.3, 0.4) is 0 Å². The van der Waals surface area contributed by atoms with Gasteiger partial charge in [0.2, 0.25) is 0 Å². The Morgan fingerprint density at radius 1 is 0.679 bits per heavy atom. The van der Waals surface area contributed by atoms with Crippen LogP contribution in [0, 0.1) is 5.92 Å². The van der Waals surface area contributed by atoms with Crippen LogP contribution >= 0.6 is 7.26 Å². The lowest BCUT2D eigenvalue weighted by atomic mass is 9.95. The van der Waals surface area contributed by atoms with Gasteiger partial charge in [0.25, 0.3) is 0 Å². The first-order valence-electron chi connectivity index (χ1n) is 10.4. The van der Waals surface area contributed by atoms with Crippen LogP contribution in [0.1, 0.15) is 26.7 Å². The van der Waals surface area contributed by atoms with Crippen molar-refractivity contribution in [1.29, 1.82) is 0 Å². The van der Waals surface area contributed by atoms with Crippen molar-refractivity contribution in [1.82, 2.24) is 0 Å². The van der Waals surface area contributed by atoms with Gasteiger partial charge in [0.05, 0.1) is 18.4 Å². The molecule has 1 saturated heterocycles. The second kappa shape index (κ2) is 8.60. The largest absolute Gasteiger partial charge is 0.371 e. The van der Waals surface area contributed by atoms with Gasteiger partial charge < -0.3 is 4.74 Å². The van der Waals surface area contributed by atoms with E-state index in [1.807, 2.05) is 0 Å². The van der Waals surface area contributed by atoms with Gasteiger partial charge in [-0.25, -0.2) is 0 Å². The molecule has 0 N–H and O–H groups in total. The molecule has 0 bridgehead atoms. The van der Waals surface area contributed by atoms with Crippen LogP contribution in [-0.4, -0.2) is 18.4 Å². The Hall–Kier alpha value is -1.95. The van der Waals surface area contributed by atoms with Crippen molar-refractivity contribution in [2.75, 3.05) is 6.16 Å². The number of hydrogen-bond acceptors (Lipinski definition) is 1. The van der Waals surface area contributed by atoms with Gasteiger partial charge in [0.1, 0.15) is 23.2 Å². The maximum Gasteiger partial charge on any atom is 0.114 e. The summed E-state index contributed by atoms with van der Waals surface area (Å²) >= 11 is 0. The van der Waals surface area contributed by atoms with E-state index in [9.17, 15) is 0 Å². The zero-order chi connectivity index (χ0) is 19.4. The van der Waals surface area contributed by atoms with Gasteiger partial charge in [-0.2, -0.15) is 0 Å². The van der Waals surface area contributed by atoms with Crippen LogP contribution in [0.5, 0.6) is 0 Å². The monoisotopic (exact) mass is 389 g/mol. The first-order valence-corrected chi connectivity index (χ1v) is 12.4. The molecule has 0 saturated carbocycles. The topological polar surface area (TPSA) is 9.23 Å². The molecule has 0 radical (unpaired) electrons. The maximum atomic E-state index is 6.50. The SMILES string of the molecule is CC1CC(C)OC(C[P+](c2ccccc2)(c2ccccc2)c2ccccc2)C1. The lowest BCUT2D eigenvalue weighted by Crippen LogP contribution is -2.41. The first-order chi connectivity index (χ1) is 13.7. The van der Waals surface area contributed by atoms with Crippen molar-refractivity contribution in [2.45, 2.75) is 38.9 Å². The van der Waals surface area contributed by atoms with E-state index in [1.54, 1.807) is 0 Å². The molecule has 0 aliphatic carbocycles. The van der Waals surface area contributed by atoms with E-state index in [-0.39, 0.29) is 0 Å². The zero-order valence-corrected chi connectivity index (χ0v) is 17.8. The zero-order valence-electron chi connectivity index (χ0n) is 16.9. The summed E-state index contributed by atoms with van der Waals surface area (Å²) in [5.41, 5.74) is 0. The minimum Gasteiger partial charge on any atom is -0.371 e. The van der Waals surface area contributed by atoms with Gasteiger partial charge >= 0.3 is 0 Å². The van der Waals surface area contributed by atoms with Gasteiger partial charge in [-0.1, -0.05) is 61.5 Å². The fraction of sp³-hybridized carbons (Fsp3) is 0.308. The highest BCUT2D eigenvalue weighted by molar-refractivity contribution is 7.95. The van der Waals surface area contributed by atoms with Gasteiger partial charge in [-0.3, -0.25) is 0 Å². The molecular weight excluding hydrogens is 359 g/mol. The lowest BCUT2D eigenvalue weighted by molar-refractivity contribution is -0.0465. The van der Waals surface area contributed by atoms with Gasteiger partial charge in [-0.15, -0.1) is 0 Å². The molecule has 1 nitrogen and oxygen atoms in total. The van der Waals surface area contributed by atoms with Crippen LogP contribution in [0.4, 0.5) is 0 Å². The maximum absolute atomic E-state index is 6.50. The third kappa shape index (κ3) is 3.93. The van der Waals surface area contributed by atoms with Crippen molar-refractivity contribution in [3.8, 4) is 0 Å². The molecule has 1 aliphatic heterocycles. The molecule has 144 valence electrons. The van der Waals surface area contributed by atoms with E-state index in [0.29, 0.717) is 12.2 Å². The smallest absolute Gasteiger partial charge is 0.114 e. The second-order valence-corrected chi connectivity index (χ2v) is 11.7. The van der Waals surface area contributed by atoms with Crippen LogP contribution in [0.2, 0.25) is 0 Å². The molecule has 1 fully saturated rings. The Bertz CT molecular complexity index is 756. The summed E-state index contributed by atoms with van der Waals surface area (Å²) in [5.74, 6) is 0.720. The Labute approximate surface area is 170 Å². The Balaban J connectivity index is 1.88. The van der Waals surface area contributed by atoms with E-state index >= 15 is 0 Å². The molecule has 1 aliphatic rings. The van der Waals surface area contributed by atoms with Crippen molar-refractivity contribution in [2.24, 2.45) is 5.92 Å². The van der Waals surface area contributed by atoms with E-state index in [0.717, 1.165) is 18.5 Å². The summed E-state index contributed by atoms with van der Waals surface area (Å²) in [4.78, 5) is 0. The van der Waals surface area contributed by atoms with E-state index in [2.05, 4.69) is 105 Å². The fourth-order valence-electron chi connectivity index (χ4n) is 4.79. The van der Waals surface area contributed by atoms with Crippen molar-refractivity contribution >= 4 is 23.2 Å². The highest BCUT2D eigenvalue weighted by Gasteiger charge is 2.48. The van der Waals surface area contributed by atoms with E-state index in [4.69, 9.17) is 4.74 Å². The molecule has 0 spiro atoms. The molecular formula is C26H30OP+. The molecule has 0 aromatic heterocycles. The predicted molar refractivity (Wildman–Crippen MR) is 123 cm³/mol. The highest BCUT2D eigenvalue weighted by atomic mass is 31.2. The average molecular weight is 389 g/mol. The number of rotatable bonds is 5.